The number of hydrogen-bond acceptors (Lipinski definition) is 4. The molecule has 0 unspecified atom stereocenters. The molecule has 18 heavy (non-hydrogen) atoms. The summed E-state index contributed by atoms with van der Waals surface area (Å²) in [5, 5.41) is 12.8. The van der Waals surface area contributed by atoms with Crippen LogP contribution < -0.4 is 10.1 Å². The van der Waals surface area contributed by atoms with Crippen LogP contribution in [0.4, 0.5) is 0 Å². The average molecular weight is 264 g/mol. The summed E-state index contributed by atoms with van der Waals surface area (Å²) in [5.41, 5.74) is 1.06. The number of thiocarbonyl (C=S) groups is 1. The summed E-state index contributed by atoms with van der Waals surface area (Å²) in [6.07, 6.45) is 1.62. The maximum absolute atomic E-state index is 11.7. The number of nitrogens with one attached hydrogen (secondary N) is 1. The predicted molar refractivity (Wildman–Crippen MR) is 71.1 cm³/mol. The van der Waals surface area contributed by atoms with E-state index in [0.717, 1.165) is 0 Å². The normalized spacial score (nSPS) is 17.2. The highest BCUT2D eigenvalue weighted by Crippen LogP contribution is 2.27. The van der Waals surface area contributed by atoms with Crippen LogP contribution in [0.15, 0.2) is 23.9 Å². The van der Waals surface area contributed by atoms with Gasteiger partial charge in [-0.15, -0.1) is 0 Å². The van der Waals surface area contributed by atoms with Crippen LogP contribution in [0.1, 0.15) is 5.56 Å². The van der Waals surface area contributed by atoms with E-state index in [2.05, 4.69) is 5.32 Å². The molecule has 2 rings (SSSR count). The number of likely N-dealkylation sites (N-methyl/N-ethyl adjacent to an activating group) is 1. The van der Waals surface area contributed by atoms with Crippen molar-refractivity contribution < 1.29 is 14.6 Å². The van der Waals surface area contributed by atoms with E-state index in [4.69, 9.17) is 17.0 Å². The monoisotopic (exact) mass is 264 g/mol. The lowest BCUT2D eigenvalue weighted by Crippen LogP contribution is -2.25. The van der Waals surface area contributed by atoms with Gasteiger partial charge in [-0.25, -0.2) is 0 Å². The SMILES string of the molecule is COc1ccc(/C=C2\NC(=S)N(C)C2=O)cc1O. The van der Waals surface area contributed by atoms with E-state index in [-0.39, 0.29) is 11.7 Å². The van der Waals surface area contributed by atoms with E-state index in [1.165, 1.54) is 18.1 Å². The van der Waals surface area contributed by atoms with E-state index in [0.29, 0.717) is 22.1 Å². The molecule has 1 aliphatic rings. The first-order valence-electron chi connectivity index (χ1n) is 5.20. The minimum Gasteiger partial charge on any atom is -0.504 e. The second-order valence-corrected chi connectivity index (χ2v) is 4.17. The number of rotatable bonds is 2. The summed E-state index contributed by atoms with van der Waals surface area (Å²) in [4.78, 5) is 13.1. The molecule has 0 aromatic heterocycles. The van der Waals surface area contributed by atoms with Gasteiger partial charge in [0.15, 0.2) is 16.6 Å². The zero-order valence-electron chi connectivity index (χ0n) is 9.93. The molecule has 1 fully saturated rings. The Kier molecular flexibility index (Phi) is 3.20. The van der Waals surface area contributed by atoms with Crippen molar-refractivity contribution in [3.05, 3.63) is 29.5 Å². The van der Waals surface area contributed by atoms with Gasteiger partial charge >= 0.3 is 0 Å². The fraction of sp³-hybridized carbons (Fsp3) is 0.167. The van der Waals surface area contributed by atoms with Crippen molar-refractivity contribution in [1.29, 1.82) is 0 Å². The fourth-order valence-corrected chi connectivity index (χ4v) is 1.78. The predicted octanol–water partition coefficient (Wildman–Crippen LogP) is 1.09. The summed E-state index contributed by atoms with van der Waals surface area (Å²) < 4.78 is 4.94. The van der Waals surface area contributed by atoms with Gasteiger partial charge in [-0.1, -0.05) is 6.07 Å². The zero-order chi connectivity index (χ0) is 13.3. The molecule has 0 saturated carbocycles. The van der Waals surface area contributed by atoms with Crippen LogP contribution in [0.3, 0.4) is 0 Å². The Labute approximate surface area is 110 Å². The van der Waals surface area contributed by atoms with E-state index in [1.807, 2.05) is 0 Å². The van der Waals surface area contributed by atoms with Crippen molar-refractivity contribution in [2.24, 2.45) is 0 Å². The minimum absolute atomic E-state index is 0.0215. The quantitative estimate of drug-likeness (QED) is 0.618. The number of nitrogens with zero attached hydrogens (tertiary/aromatic N) is 1. The lowest BCUT2D eigenvalue weighted by molar-refractivity contribution is -0.121. The molecule has 0 radical (unpaired) electrons. The highest BCUT2D eigenvalue weighted by Gasteiger charge is 2.26. The van der Waals surface area contributed by atoms with Crippen molar-refractivity contribution >= 4 is 29.3 Å². The van der Waals surface area contributed by atoms with E-state index in [9.17, 15) is 9.90 Å². The number of carbonyl (C=O) groups is 1. The zero-order valence-corrected chi connectivity index (χ0v) is 10.7. The highest BCUT2D eigenvalue weighted by atomic mass is 32.1. The maximum atomic E-state index is 11.7. The minimum atomic E-state index is -0.199. The third kappa shape index (κ3) is 2.14. The summed E-state index contributed by atoms with van der Waals surface area (Å²) in [5.74, 6) is 0.207. The first kappa shape index (κ1) is 12.4. The molecule has 94 valence electrons. The van der Waals surface area contributed by atoms with Gasteiger partial charge < -0.3 is 15.2 Å². The Bertz CT molecular complexity index is 554. The summed E-state index contributed by atoms with van der Waals surface area (Å²) >= 11 is 4.96. The van der Waals surface area contributed by atoms with Gasteiger partial charge in [0.2, 0.25) is 0 Å². The Morgan fingerprint density at radius 1 is 1.50 bits per heavy atom. The van der Waals surface area contributed by atoms with Gasteiger partial charge in [0, 0.05) is 7.05 Å². The molecule has 1 aromatic carbocycles. The summed E-state index contributed by atoms with van der Waals surface area (Å²) in [7, 11) is 3.08. The third-order valence-corrected chi connectivity index (χ3v) is 2.97. The van der Waals surface area contributed by atoms with Gasteiger partial charge in [0.25, 0.3) is 5.91 Å². The molecule has 0 bridgehead atoms. The number of carbonyl (C=O) groups excluding carboxylic acids is 1. The van der Waals surface area contributed by atoms with Crippen molar-refractivity contribution in [1.82, 2.24) is 10.2 Å². The molecule has 6 heteroatoms. The summed E-state index contributed by atoms with van der Waals surface area (Å²) in [6, 6.07) is 4.88. The van der Waals surface area contributed by atoms with E-state index >= 15 is 0 Å². The smallest absolute Gasteiger partial charge is 0.276 e. The average Bonchev–Trinajstić information content (AvgIpc) is 2.57. The van der Waals surface area contributed by atoms with Crippen LogP contribution in [0.25, 0.3) is 6.08 Å². The van der Waals surface area contributed by atoms with E-state index in [1.54, 1.807) is 25.3 Å². The molecule has 1 amide bonds. The molecule has 0 atom stereocenters. The molecule has 2 N–H and O–H groups in total. The molecule has 5 nitrogen and oxygen atoms in total. The van der Waals surface area contributed by atoms with Crippen LogP contribution in [-0.4, -0.2) is 35.2 Å². The van der Waals surface area contributed by atoms with Gasteiger partial charge in [0.05, 0.1) is 7.11 Å². The highest BCUT2D eigenvalue weighted by molar-refractivity contribution is 7.80. The number of amides is 1. The molecule has 0 aliphatic carbocycles. The van der Waals surface area contributed by atoms with Crippen molar-refractivity contribution in [3.8, 4) is 11.5 Å². The molecule has 0 spiro atoms. The topological polar surface area (TPSA) is 61.8 Å². The second kappa shape index (κ2) is 4.66. The number of aromatic hydroxyl groups is 1. The fourth-order valence-electron chi connectivity index (χ4n) is 1.59. The summed E-state index contributed by atoms with van der Waals surface area (Å²) in [6.45, 7) is 0. The first-order valence-corrected chi connectivity index (χ1v) is 5.61. The molecule has 1 saturated heterocycles. The molecule has 1 heterocycles. The van der Waals surface area contributed by atoms with Crippen molar-refractivity contribution in [3.63, 3.8) is 0 Å². The third-order valence-electron chi connectivity index (χ3n) is 2.60. The lowest BCUT2D eigenvalue weighted by atomic mass is 10.1. The number of ether oxygens (including phenoxy) is 1. The Hall–Kier alpha value is -2.08. The molecular weight excluding hydrogens is 252 g/mol. The standard InChI is InChI=1S/C12H12N2O3S/c1-14-11(16)8(13-12(14)18)5-7-3-4-10(17-2)9(15)6-7/h3-6,15H,1-2H3,(H,13,18)/b8-5-. The van der Waals surface area contributed by atoms with Gasteiger partial charge in [-0.2, -0.15) is 0 Å². The molecule has 1 aromatic rings. The Morgan fingerprint density at radius 3 is 2.72 bits per heavy atom. The number of methoxy groups -OCH3 is 1. The largest absolute Gasteiger partial charge is 0.504 e. The van der Waals surface area contributed by atoms with Crippen LogP contribution >= 0.6 is 12.2 Å². The van der Waals surface area contributed by atoms with Crippen LogP contribution in [0.5, 0.6) is 11.5 Å². The van der Waals surface area contributed by atoms with Crippen molar-refractivity contribution in [2.75, 3.05) is 14.2 Å². The van der Waals surface area contributed by atoms with Gasteiger partial charge in [-0.3, -0.25) is 9.69 Å². The Morgan fingerprint density at radius 2 is 2.22 bits per heavy atom. The number of phenolic OH excluding ortho intramolecular Hbond substituents is 1. The van der Waals surface area contributed by atoms with E-state index < -0.39 is 0 Å². The first-order chi connectivity index (χ1) is 8.52. The molecule has 1 aliphatic heterocycles. The molecular formula is C12H12N2O3S. The Balaban J connectivity index is 2.32. The van der Waals surface area contributed by atoms with Gasteiger partial charge in [-0.05, 0) is 36.0 Å². The number of phenols is 1. The van der Waals surface area contributed by atoms with Crippen LogP contribution in [0, 0.1) is 0 Å². The van der Waals surface area contributed by atoms with Crippen LogP contribution in [0.2, 0.25) is 0 Å². The second-order valence-electron chi connectivity index (χ2n) is 3.78. The lowest BCUT2D eigenvalue weighted by Gasteiger charge is -2.04. The maximum Gasteiger partial charge on any atom is 0.276 e. The number of hydrogen-bond donors (Lipinski definition) is 2. The van der Waals surface area contributed by atoms with Crippen LogP contribution in [-0.2, 0) is 4.79 Å². The number of benzene rings is 1. The van der Waals surface area contributed by atoms with Crippen molar-refractivity contribution in [2.45, 2.75) is 0 Å². The van der Waals surface area contributed by atoms with Gasteiger partial charge in [0.1, 0.15) is 5.70 Å².